The second-order valence-corrected chi connectivity index (χ2v) is 9.68. The maximum absolute atomic E-state index is 12.7. The fourth-order valence-electron chi connectivity index (χ4n) is 2.82. The zero-order chi connectivity index (χ0) is 23.5. The Hall–Kier alpha value is -3.25. The van der Waals surface area contributed by atoms with E-state index in [1.54, 1.807) is 12.1 Å². The smallest absolute Gasteiger partial charge is 0.339 e. The summed E-state index contributed by atoms with van der Waals surface area (Å²) in [5, 5.41) is 21.8. The number of hydrogen-bond donors (Lipinski definition) is 1. The summed E-state index contributed by atoms with van der Waals surface area (Å²) >= 11 is 1.27. The number of amides is 1. The van der Waals surface area contributed by atoms with Gasteiger partial charge in [0.05, 0.1) is 16.4 Å². The Kier molecular flexibility index (Phi) is 6.94. The molecule has 0 saturated carbocycles. The van der Waals surface area contributed by atoms with E-state index >= 15 is 0 Å². The predicted molar refractivity (Wildman–Crippen MR) is 122 cm³/mol. The van der Waals surface area contributed by atoms with Crippen molar-refractivity contribution in [3.8, 4) is 5.75 Å². The van der Waals surface area contributed by atoms with Gasteiger partial charge in [-0.15, -0.1) is 5.10 Å². The molecule has 0 bridgehead atoms. The van der Waals surface area contributed by atoms with Crippen LogP contribution in [-0.2, 0) is 14.9 Å². The van der Waals surface area contributed by atoms with E-state index < -0.39 is 15.0 Å². The zero-order valence-electron chi connectivity index (χ0n) is 17.4. The molecule has 1 aliphatic rings. The molecular formula is C20H20N4O6S2. The van der Waals surface area contributed by atoms with Crippen LogP contribution in [0.15, 0.2) is 51.5 Å². The van der Waals surface area contributed by atoms with E-state index in [9.17, 15) is 23.3 Å². The van der Waals surface area contributed by atoms with Gasteiger partial charge in [0, 0.05) is 17.2 Å². The molecular weight excluding hydrogens is 456 g/mol. The second kappa shape index (κ2) is 9.49. The lowest BCUT2D eigenvalue weighted by Gasteiger charge is -2.10. The Labute approximate surface area is 189 Å². The summed E-state index contributed by atoms with van der Waals surface area (Å²) in [5.41, 5.74) is 1.17. The Morgan fingerprint density at radius 1 is 1.25 bits per heavy atom. The van der Waals surface area contributed by atoms with Crippen LogP contribution in [0, 0.1) is 24.0 Å². The van der Waals surface area contributed by atoms with Crippen LogP contribution in [0.1, 0.15) is 30.0 Å². The molecule has 32 heavy (non-hydrogen) atoms. The van der Waals surface area contributed by atoms with Crippen molar-refractivity contribution in [2.24, 2.45) is 10.2 Å². The summed E-state index contributed by atoms with van der Waals surface area (Å²) in [7, 11) is -4.34. The van der Waals surface area contributed by atoms with Crippen LogP contribution in [0.25, 0.3) is 0 Å². The fourth-order valence-corrected chi connectivity index (χ4v) is 4.65. The number of carbonyl (C=O) groups is 1. The first-order valence-corrected chi connectivity index (χ1v) is 11.8. The van der Waals surface area contributed by atoms with Gasteiger partial charge in [-0.2, -0.15) is 13.5 Å². The van der Waals surface area contributed by atoms with Gasteiger partial charge < -0.3 is 9.50 Å². The van der Waals surface area contributed by atoms with Gasteiger partial charge in [0.2, 0.25) is 5.91 Å². The highest BCUT2D eigenvalue weighted by molar-refractivity contribution is 8.15. The largest absolute Gasteiger partial charge is 0.378 e. The summed E-state index contributed by atoms with van der Waals surface area (Å²) in [4.78, 5) is 21.9. The molecule has 2 aromatic rings. The van der Waals surface area contributed by atoms with Gasteiger partial charge in [-0.1, -0.05) is 36.4 Å². The normalized spacial score (nSPS) is 17.7. The van der Waals surface area contributed by atoms with E-state index in [1.165, 1.54) is 43.1 Å². The molecule has 12 heteroatoms. The minimum Gasteiger partial charge on any atom is -0.378 e. The molecule has 1 fully saturated rings. The first-order valence-electron chi connectivity index (χ1n) is 9.49. The molecule has 1 amide bonds. The monoisotopic (exact) mass is 476 g/mol. The number of benzene rings is 2. The summed E-state index contributed by atoms with van der Waals surface area (Å²) < 4.78 is 30.7. The summed E-state index contributed by atoms with van der Waals surface area (Å²) in [6, 6.07) is 8.33. The maximum atomic E-state index is 12.7. The molecule has 10 nitrogen and oxygen atoms in total. The average molecular weight is 477 g/mol. The fraction of sp³-hybridized carbons (Fsp3) is 0.250. The molecule has 1 saturated heterocycles. The number of hydrogen-bond acceptors (Lipinski definition) is 9. The highest BCUT2D eigenvalue weighted by Crippen LogP contribution is 2.27. The van der Waals surface area contributed by atoms with Crippen LogP contribution >= 0.6 is 11.8 Å². The Morgan fingerprint density at radius 3 is 2.66 bits per heavy atom. The van der Waals surface area contributed by atoms with Crippen molar-refractivity contribution in [1.82, 2.24) is 5.32 Å². The lowest BCUT2D eigenvalue weighted by molar-refractivity contribution is -0.385. The van der Waals surface area contributed by atoms with Gasteiger partial charge >= 0.3 is 10.1 Å². The van der Waals surface area contributed by atoms with Crippen LogP contribution < -0.4 is 9.50 Å². The standard InChI is InChI=1S/C20H20N4O6S2/c1-4-18-19(25)22-20(31-18)23-21-11-14-9-12(2)5-8-17(14)30-32(28,29)15-7-6-13(3)16(10-15)24(26)27/h5-11,18H,4H2,1-3H3,(H,22,23,25)/b21-11-/t18-/m0/s1. The van der Waals surface area contributed by atoms with Crippen LogP contribution in [0.5, 0.6) is 5.75 Å². The van der Waals surface area contributed by atoms with Crippen molar-refractivity contribution in [3.05, 3.63) is 63.2 Å². The van der Waals surface area contributed by atoms with Crippen molar-refractivity contribution in [2.45, 2.75) is 37.3 Å². The van der Waals surface area contributed by atoms with Gasteiger partial charge in [-0.25, -0.2) is 0 Å². The number of nitro benzene ring substituents is 1. The molecule has 1 aliphatic heterocycles. The quantitative estimate of drug-likeness (QED) is 0.280. The van der Waals surface area contributed by atoms with Crippen molar-refractivity contribution in [2.75, 3.05) is 0 Å². The van der Waals surface area contributed by atoms with Gasteiger partial charge in [0.1, 0.15) is 4.90 Å². The topological polar surface area (TPSA) is 140 Å². The Bertz CT molecular complexity index is 1240. The van der Waals surface area contributed by atoms with Crippen molar-refractivity contribution < 1.29 is 22.3 Å². The van der Waals surface area contributed by atoms with E-state index in [4.69, 9.17) is 4.18 Å². The number of carbonyl (C=O) groups excluding carboxylic acids is 1. The number of amidine groups is 1. The Morgan fingerprint density at radius 2 is 2.00 bits per heavy atom. The van der Waals surface area contributed by atoms with Crippen LogP contribution in [-0.4, -0.2) is 35.9 Å². The molecule has 1 N–H and O–H groups in total. The van der Waals surface area contributed by atoms with Crippen molar-refractivity contribution >= 4 is 44.9 Å². The summed E-state index contributed by atoms with van der Waals surface area (Å²) in [5.74, 6) is -0.151. The SMILES string of the molecule is CC[C@@H]1S/C(=N/N=C\c2cc(C)ccc2OS(=O)(=O)c2ccc(C)c([N+](=O)[O-])c2)NC1=O. The number of nitrogens with one attached hydrogen (secondary N) is 1. The molecule has 3 rings (SSSR count). The number of rotatable bonds is 7. The van der Waals surface area contributed by atoms with E-state index in [0.717, 1.165) is 11.6 Å². The van der Waals surface area contributed by atoms with Crippen molar-refractivity contribution in [1.29, 1.82) is 0 Å². The maximum Gasteiger partial charge on any atom is 0.339 e. The van der Waals surface area contributed by atoms with Crippen LogP contribution in [0.3, 0.4) is 0 Å². The molecule has 1 heterocycles. The van der Waals surface area contributed by atoms with Crippen molar-refractivity contribution in [3.63, 3.8) is 0 Å². The lowest BCUT2D eigenvalue weighted by Crippen LogP contribution is -2.24. The zero-order valence-corrected chi connectivity index (χ0v) is 19.1. The Balaban J connectivity index is 1.88. The first-order chi connectivity index (χ1) is 15.1. The molecule has 0 aromatic heterocycles. The molecule has 0 aliphatic carbocycles. The first kappa shape index (κ1) is 23.4. The van der Waals surface area contributed by atoms with Crippen LogP contribution in [0.4, 0.5) is 5.69 Å². The van der Waals surface area contributed by atoms with E-state index in [-0.39, 0.29) is 27.5 Å². The van der Waals surface area contributed by atoms with Gasteiger partial charge in [-0.3, -0.25) is 14.9 Å². The van der Waals surface area contributed by atoms with Crippen LogP contribution in [0.2, 0.25) is 0 Å². The third kappa shape index (κ3) is 5.32. The minimum atomic E-state index is -4.34. The highest BCUT2D eigenvalue weighted by Gasteiger charge is 2.28. The number of aryl methyl sites for hydroxylation is 2. The van der Waals surface area contributed by atoms with Gasteiger partial charge in [-0.05, 0) is 38.5 Å². The van der Waals surface area contributed by atoms with E-state index in [0.29, 0.717) is 22.7 Å². The molecule has 0 radical (unpaired) electrons. The van der Waals surface area contributed by atoms with E-state index in [2.05, 4.69) is 15.5 Å². The highest BCUT2D eigenvalue weighted by atomic mass is 32.2. The average Bonchev–Trinajstić information content (AvgIpc) is 3.09. The molecule has 2 aromatic carbocycles. The molecule has 1 atom stereocenters. The molecule has 168 valence electrons. The number of nitrogens with zero attached hydrogens (tertiary/aromatic N) is 3. The number of thioether (sulfide) groups is 1. The minimum absolute atomic E-state index is 0.0164. The van der Waals surface area contributed by atoms with E-state index in [1.807, 2.05) is 13.8 Å². The second-order valence-electron chi connectivity index (χ2n) is 6.94. The molecule has 0 spiro atoms. The predicted octanol–water partition coefficient (Wildman–Crippen LogP) is 3.31. The summed E-state index contributed by atoms with van der Waals surface area (Å²) in [6.45, 7) is 5.21. The van der Waals surface area contributed by atoms with Gasteiger partial charge in [0.25, 0.3) is 5.69 Å². The lowest BCUT2D eigenvalue weighted by atomic mass is 10.1. The van der Waals surface area contributed by atoms with Gasteiger partial charge in [0.15, 0.2) is 10.9 Å². The number of nitro groups is 1. The third-order valence-corrected chi connectivity index (χ3v) is 6.99. The summed E-state index contributed by atoms with van der Waals surface area (Å²) in [6.07, 6.45) is 1.97. The molecule has 0 unspecified atom stereocenters. The third-order valence-electron chi connectivity index (χ3n) is 4.52.